The van der Waals surface area contributed by atoms with Crippen molar-refractivity contribution in [2.45, 2.75) is 32.1 Å². The fourth-order valence-corrected chi connectivity index (χ4v) is 4.47. The number of alkyl halides is 5. The average Bonchev–Trinajstić information content (AvgIpc) is 2.94. The lowest BCUT2D eigenvalue weighted by Crippen LogP contribution is -2.24. The van der Waals surface area contributed by atoms with Crippen molar-refractivity contribution in [1.82, 2.24) is 0 Å². The third-order valence-electron chi connectivity index (χ3n) is 6.68. The summed E-state index contributed by atoms with van der Waals surface area (Å²) in [5.74, 6) is -11.6. The van der Waals surface area contributed by atoms with Crippen LogP contribution in [0.15, 0.2) is 84.7 Å². The highest BCUT2D eigenvalue weighted by molar-refractivity contribution is 5.65. The van der Waals surface area contributed by atoms with E-state index in [2.05, 4.69) is 4.74 Å². The fourth-order valence-electron chi connectivity index (χ4n) is 4.47. The smallest absolute Gasteiger partial charge is 0.429 e. The molecule has 4 aromatic rings. The third kappa shape index (κ3) is 7.57. The number of ether oxygens (including phenoxy) is 1. The van der Waals surface area contributed by atoms with Gasteiger partial charge in [0.25, 0.3) is 0 Å². The van der Waals surface area contributed by atoms with Crippen LogP contribution in [-0.4, -0.2) is 0 Å². The van der Waals surface area contributed by atoms with Crippen LogP contribution >= 0.6 is 0 Å². The Morgan fingerprint density at radius 3 is 1.93 bits per heavy atom. The first-order valence-corrected chi connectivity index (χ1v) is 13.2. The highest BCUT2D eigenvalue weighted by Gasteiger charge is 2.41. The minimum Gasteiger partial charge on any atom is -0.429 e. The zero-order chi connectivity index (χ0) is 34.0. The van der Waals surface area contributed by atoms with Gasteiger partial charge in [0.15, 0.2) is 11.7 Å². The zero-order valence-corrected chi connectivity index (χ0v) is 23.4. The number of benzene rings is 4. The van der Waals surface area contributed by atoms with Gasteiger partial charge in [0.2, 0.25) is 0 Å². The van der Waals surface area contributed by atoms with Crippen LogP contribution in [-0.2, 0) is 25.1 Å². The van der Waals surface area contributed by atoms with Gasteiger partial charge in [0.1, 0.15) is 40.4 Å². The first kappa shape index (κ1) is 34.2. The predicted octanol–water partition coefficient (Wildman–Crippen LogP) is 11.2. The van der Waals surface area contributed by atoms with E-state index in [4.69, 9.17) is 0 Å². The molecule has 4 rings (SSSR count). The van der Waals surface area contributed by atoms with E-state index in [-0.39, 0.29) is 47.2 Å². The Labute approximate surface area is 254 Å². The largest absolute Gasteiger partial charge is 0.429 e. The summed E-state index contributed by atoms with van der Waals surface area (Å²) < 4.78 is 171. The number of rotatable bonds is 9. The highest BCUT2D eigenvalue weighted by Crippen LogP contribution is 2.39. The first-order chi connectivity index (χ1) is 21.5. The second-order valence-corrected chi connectivity index (χ2v) is 9.86. The van der Waals surface area contributed by atoms with Gasteiger partial charge in [0, 0.05) is 23.3 Å². The first-order valence-electron chi connectivity index (χ1n) is 13.2. The zero-order valence-electron chi connectivity index (χ0n) is 23.4. The fraction of sp³-hybridized carbons (Fsp3) is 0.152. The Hall–Kier alpha value is -4.68. The van der Waals surface area contributed by atoms with Gasteiger partial charge in [-0.25, -0.2) is 30.7 Å². The molecule has 0 fully saturated rings. The lowest BCUT2D eigenvalue weighted by Gasteiger charge is -2.20. The summed E-state index contributed by atoms with van der Waals surface area (Å²) in [6.45, 7) is 1.48. The number of hydrogen-bond donors (Lipinski definition) is 0. The van der Waals surface area contributed by atoms with Gasteiger partial charge in [-0.15, -0.1) is 0 Å². The molecule has 0 amide bonds. The summed E-state index contributed by atoms with van der Waals surface area (Å²) in [4.78, 5) is 0. The lowest BCUT2D eigenvalue weighted by atomic mass is 9.98. The molecule has 0 bridgehead atoms. The van der Waals surface area contributed by atoms with E-state index in [1.165, 1.54) is 37.3 Å². The highest BCUT2D eigenvalue weighted by atomic mass is 19.4. The van der Waals surface area contributed by atoms with Gasteiger partial charge in [-0.3, -0.25) is 0 Å². The monoisotopic (exact) mass is 660 g/mol. The van der Waals surface area contributed by atoms with Gasteiger partial charge >= 0.3 is 12.3 Å². The van der Waals surface area contributed by atoms with Crippen LogP contribution < -0.4 is 4.74 Å². The second kappa shape index (κ2) is 13.4. The van der Waals surface area contributed by atoms with E-state index in [1.807, 2.05) is 0 Å². The van der Waals surface area contributed by atoms with Gasteiger partial charge in [0.05, 0.1) is 5.56 Å². The second-order valence-electron chi connectivity index (χ2n) is 9.86. The van der Waals surface area contributed by atoms with Crippen LogP contribution in [0.4, 0.5) is 52.7 Å². The maximum absolute atomic E-state index is 15.0. The normalized spacial score (nSPS) is 12.9. The van der Waals surface area contributed by atoms with E-state index in [9.17, 15) is 52.7 Å². The number of hydrogen-bond acceptors (Lipinski definition) is 1. The molecular formula is C33H20F12O. The molecule has 13 heteroatoms. The molecule has 1 nitrogen and oxygen atoms in total. The Morgan fingerprint density at radius 2 is 1.37 bits per heavy atom. The van der Waals surface area contributed by atoms with E-state index in [1.54, 1.807) is 0 Å². The Bertz CT molecular complexity index is 1800. The third-order valence-corrected chi connectivity index (χ3v) is 6.68. The van der Waals surface area contributed by atoms with Crippen LogP contribution in [0.3, 0.4) is 0 Å². The Kier molecular flexibility index (Phi) is 9.93. The molecule has 0 saturated carbocycles. The molecule has 0 saturated heterocycles. The average molecular weight is 660 g/mol. The molecule has 0 aromatic heterocycles. The molecule has 4 aromatic carbocycles. The molecule has 0 spiro atoms. The van der Waals surface area contributed by atoms with Crippen LogP contribution in [0.2, 0.25) is 0 Å². The van der Waals surface area contributed by atoms with Crippen molar-refractivity contribution in [3.05, 3.63) is 142 Å². The molecule has 0 aliphatic carbocycles. The topological polar surface area (TPSA) is 9.23 Å². The minimum absolute atomic E-state index is 0.0404. The summed E-state index contributed by atoms with van der Waals surface area (Å²) in [6.07, 6.45) is -7.78. The molecule has 242 valence electrons. The van der Waals surface area contributed by atoms with Gasteiger partial charge in [-0.2, -0.15) is 22.0 Å². The Morgan fingerprint density at radius 1 is 0.696 bits per heavy atom. The molecule has 0 aliphatic rings. The summed E-state index contributed by atoms with van der Waals surface area (Å²) in [5.41, 5.74) is -4.01. The standard InChI is InChI=1S/C33H20F12O/c1-2-3-24(34)31(40)20-8-7-18(25(35)14-20)6-4-17-5-10-22(26(36)12-17)19-9-11-23(27(37)13-19)33(44,45)46-21-15-28(38)30(29(39)16-21)32(41,42)43/h2-3,5,7-16H,4,6H2,1H3. The van der Waals surface area contributed by atoms with Gasteiger partial charge in [-0.05, 0) is 66.8 Å². The molecule has 46 heavy (non-hydrogen) atoms. The van der Waals surface area contributed by atoms with Crippen molar-refractivity contribution in [2.75, 3.05) is 0 Å². The predicted molar refractivity (Wildman–Crippen MR) is 145 cm³/mol. The maximum atomic E-state index is 15.0. The van der Waals surface area contributed by atoms with Crippen molar-refractivity contribution < 1.29 is 57.4 Å². The van der Waals surface area contributed by atoms with Crippen LogP contribution in [0.1, 0.15) is 34.7 Å². The van der Waals surface area contributed by atoms with Crippen molar-refractivity contribution in [3.8, 4) is 16.9 Å². The van der Waals surface area contributed by atoms with Crippen molar-refractivity contribution in [2.24, 2.45) is 0 Å². The molecule has 0 N–H and O–H groups in total. The van der Waals surface area contributed by atoms with Crippen molar-refractivity contribution >= 4 is 5.83 Å². The van der Waals surface area contributed by atoms with E-state index >= 15 is 0 Å². The van der Waals surface area contributed by atoms with E-state index < -0.39 is 69.9 Å². The maximum Gasteiger partial charge on any atom is 0.429 e. The molecule has 0 unspecified atom stereocenters. The molecule has 0 heterocycles. The van der Waals surface area contributed by atoms with Crippen molar-refractivity contribution in [3.63, 3.8) is 0 Å². The summed E-state index contributed by atoms with van der Waals surface area (Å²) in [5, 5.41) is 0. The van der Waals surface area contributed by atoms with E-state index in [0.717, 1.165) is 24.3 Å². The minimum atomic E-state index is -5.46. The molecule has 0 aliphatic heterocycles. The van der Waals surface area contributed by atoms with Crippen LogP contribution in [0, 0.1) is 29.1 Å². The number of allylic oxidation sites excluding steroid dienone is 3. The quantitative estimate of drug-likeness (QED) is 0.128. The van der Waals surface area contributed by atoms with Gasteiger partial charge < -0.3 is 4.74 Å². The van der Waals surface area contributed by atoms with Crippen molar-refractivity contribution in [1.29, 1.82) is 0 Å². The molecule has 0 atom stereocenters. The summed E-state index contributed by atoms with van der Waals surface area (Å²) in [6, 6.07) is 8.62. The Balaban J connectivity index is 1.49. The van der Waals surface area contributed by atoms with Crippen LogP contribution in [0.25, 0.3) is 17.0 Å². The summed E-state index contributed by atoms with van der Waals surface area (Å²) >= 11 is 0. The number of halogens is 12. The number of aryl methyl sites for hydroxylation is 2. The summed E-state index contributed by atoms with van der Waals surface area (Å²) in [7, 11) is 0. The van der Waals surface area contributed by atoms with Crippen LogP contribution in [0.5, 0.6) is 5.75 Å². The van der Waals surface area contributed by atoms with Gasteiger partial charge in [-0.1, -0.05) is 36.4 Å². The molecular weight excluding hydrogens is 640 g/mol. The van der Waals surface area contributed by atoms with E-state index in [0.29, 0.717) is 17.7 Å². The SMILES string of the molecule is CC=CC(F)=C(F)c1ccc(CCc2ccc(-c3ccc(C(F)(F)Oc4cc(F)c(C(F)(F)F)c(F)c4)c(F)c3)c(F)c2)c(F)c1. The lowest BCUT2D eigenvalue weighted by molar-refractivity contribution is -0.187. The molecule has 0 radical (unpaired) electrons.